The minimum Gasteiger partial charge on any atom is -0.458 e. The first-order valence-electron chi connectivity index (χ1n) is 6.84. The van der Waals surface area contributed by atoms with Crippen LogP contribution in [0.2, 0.25) is 0 Å². The molecule has 0 aliphatic carbocycles. The minimum absolute atomic E-state index is 0.0436. The largest absolute Gasteiger partial charge is 0.458 e. The van der Waals surface area contributed by atoms with Crippen LogP contribution in [0.15, 0.2) is 29.2 Å². The average molecular weight is 328 g/mol. The highest BCUT2D eigenvalue weighted by Crippen LogP contribution is 2.19. The Bertz CT molecular complexity index is 625. The van der Waals surface area contributed by atoms with Gasteiger partial charge in [0.05, 0.1) is 4.90 Å². The van der Waals surface area contributed by atoms with Crippen molar-refractivity contribution in [3.05, 3.63) is 29.8 Å². The van der Waals surface area contributed by atoms with E-state index in [1.54, 1.807) is 6.92 Å². The van der Waals surface area contributed by atoms with Gasteiger partial charge in [-0.05, 0) is 31.0 Å². The molecule has 22 heavy (non-hydrogen) atoms. The van der Waals surface area contributed by atoms with E-state index in [1.165, 1.54) is 31.2 Å². The summed E-state index contributed by atoms with van der Waals surface area (Å²) in [5.74, 6) is -0.418. The monoisotopic (exact) mass is 328 g/mol. The Hall–Kier alpha value is -2.09. The molecule has 122 valence electrons. The van der Waals surface area contributed by atoms with Gasteiger partial charge in [0.2, 0.25) is 0 Å². The Morgan fingerprint density at radius 3 is 2.32 bits per heavy atom. The summed E-state index contributed by atoms with van der Waals surface area (Å²) in [6.45, 7) is 5.23. The Labute approximate surface area is 130 Å². The highest BCUT2D eigenvalue weighted by atomic mass is 32.2. The van der Waals surface area contributed by atoms with E-state index in [2.05, 4.69) is 5.32 Å². The molecule has 1 aromatic carbocycles. The number of hydrogen-bond acceptors (Lipinski definition) is 5. The second kappa shape index (κ2) is 7.79. The molecule has 0 aliphatic rings. The zero-order valence-corrected chi connectivity index (χ0v) is 13.6. The van der Waals surface area contributed by atoms with Crippen LogP contribution in [0.4, 0.5) is 4.79 Å². The molecule has 0 fully saturated rings. The SMILES string of the molecule is CCCNC(=O)NS(=O)(=O)c1ccc(C(C)OC(C)=O)cc1. The molecule has 0 saturated heterocycles. The third-order valence-electron chi connectivity index (χ3n) is 2.77. The van der Waals surface area contributed by atoms with E-state index >= 15 is 0 Å². The number of carbonyl (C=O) groups excluding carboxylic acids is 2. The average Bonchev–Trinajstić information content (AvgIpc) is 2.44. The molecule has 8 heteroatoms. The number of nitrogens with one attached hydrogen (secondary N) is 2. The number of benzene rings is 1. The smallest absolute Gasteiger partial charge is 0.328 e. The van der Waals surface area contributed by atoms with Gasteiger partial charge >= 0.3 is 12.0 Å². The van der Waals surface area contributed by atoms with E-state index in [0.29, 0.717) is 18.5 Å². The maximum Gasteiger partial charge on any atom is 0.328 e. The van der Waals surface area contributed by atoms with Gasteiger partial charge in [-0.25, -0.2) is 17.9 Å². The normalized spacial score (nSPS) is 12.3. The predicted octanol–water partition coefficient (Wildman–Crippen LogP) is 1.71. The summed E-state index contributed by atoms with van der Waals surface area (Å²) < 4.78 is 30.9. The van der Waals surface area contributed by atoms with Crippen LogP contribution >= 0.6 is 0 Å². The summed E-state index contributed by atoms with van der Waals surface area (Å²) in [6.07, 6.45) is 0.228. The van der Waals surface area contributed by atoms with Crippen LogP contribution in [0.25, 0.3) is 0 Å². The lowest BCUT2D eigenvalue weighted by atomic mass is 10.1. The van der Waals surface area contributed by atoms with Crippen LogP contribution in [0.1, 0.15) is 38.9 Å². The number of sulfonamides is 1. The van der Waals surface area contributed by atoms with E-state index in [0.717, 1.165) is 0 Å². The standard InChI is InChI=1S/C14H20N2O5S/c1-4-9-15-14(18)16-22(19,20)13-7-5-12(6-8-13)10(2)21-11(3)17/h5-8,10H,4,9H2,1-3H3,(H2,15,16,18). The van der Waals surface area contributed by atoms with Crippen LogP contribution in [0.3, 0.4) is 0 Å². The molecule has 1 atom stereocenters. The maximum atomic E-state index is 12.0. The predicted molar refractivity (Wildman–Crippen MR) is 80.6 cm³/mol. The summed E-state index contributed by atoms with van der Waals surface area (Å²) in [5, 5.41) is 2.42. The molecule has 0 bridgehead atoms. The first kappa shape index (κ1) is 18.0. The molecule has 0 aromatic heterocycles. The number of urea groups is 1. The highest BCUT2D eigenvalue weighted by molar-refractivity contribution is 7.90. The molecule has 0 heterocycles. The van der Waals surface area contributed by atoms with Crippen LogP contribution in [0.5, 0.6) is 0 Å². The molecule has 0 radical (unpaired) electrons. The van der Waals surface area contributed by atoms with E-state index in [4.69, 9.17) is 4.74 Å². The van der Waals surface area contributed by atoms with Crippen molar-refractivity contribution in [1.29, 1.82) is 0 Å². The zero-order chi connectivity index (χ0) is 16.8. The Morgan fingerprint density at radius 1 is 1.23 bits per heavy atom. The lowest BCUT2D eigenvalue weighted by Gasteiger charge is -2.13. The first-order chi connectivity index (χ1) is 10.3. The second-order valence-electron chi connectivity index (χ2n) is 4.68. The van der Waals surface area contributed by atoms with Crippen molar-refractivity contribution in [3.63, 3.8) is 0 Å². The second-order valence-corrected chi connectivity index (χ2v) is 6.36. The lowest BCUT2D eigenvalue weighted by Crippen LogP contribution is -2.39. The van der Waals surface area contributed by atoms with Gasteiger partial charge in [0.1, 0.15) is 6.10 Å². The van der Waals surface area contributed by atoms with Crippen molar-refractivity contribution in [3.8, 4) is 0 Å². The highest BCUT2D eigenvalue weighted by Gasteiger charge is 2.18. The molecule has 0 aliphatic heterocycles. The quantitative estimate of drug-likeness (QED) is 0.774. The van der Waals surface area contributed by atoms with E-state index in [1.807, 2.05) is 11.6 Å². The third kappa shape index (κ3) is 5.36. The molecular weight excluding hydrogens is 308 g/mol. The summed E-state index contributed by atoms with van der Waals surface area (Å²) >= 11 is 0. The summed E-state index contributed by atoms with van der Waals surface area (Å²) in [5.41, 5.74) is 0.657. The van der Waals surface area contributed by atoms with Crippen LogP contribution in [-0.4, -0.2) is 27.0 Å². The van der Waals surface area contributed by atoms with Gasteiger partial charge < -0.3 is 10.1 Å². The van der Waals surface area contributed by atoms with Gasteiger partial charge in [-0.15, -0.1) is 0 Å². The molecule has 7 nitrogen and oxygen atoms in total. The number of esters is 1. The van der Waals surface area contributed by atoms with Crippen molar-refractivity contribution >= 4 is 22.0 Å². The first-order valence-corrected chi connectivity index (χ1v) is 8.32. The van der Waals surface area contributed by atoms with Crippen LogP contribution in [0, 0.1) is 0 Å². The summed E-state index contributed by atoms with van der Waals surface area (Å²) in [7, 11) is -3.93. The van der Waals surface area contributed by atoms with Crippen molar-refractivity contribution < 1.29 is 22.7 Å². The third-order valence-corrected chi connectivity index (χ3v) is 4.11. The molecule has 1 unspecified atom stereocenters. The van der Waals surface area contributed by atoms with Crippen molar-refractivity contribution in [1.82, 2.24) is 10.0 Å². The van der Waals surface area contributed by atoms with Gasteiger partial charge in [0.25, 0.3) is 10.0 Å². The Balaban J connectivity index is 2.80. The zero-order valence-electron chi connectivity index (χ0n) is 12.8. The fourth-order valence-electron chi connectivity index (χ4n) is 1.69. The van der Waals surface area contributed by atoms with Gasteiger partial charge in [0, 0.05) is 13.5 Å². The van der Waals surface area contributed by atoms with Crippen LogP contribution < -0.4 is 10.0 Å². The van der Waals surface area contributed by atoms with Gasteiger partial charge in [-0.1, -0.05) is 19.1 Å². The molecular formula is C14H20N2O5S. The molecule has 0 spiro atoms. The molecule has 2 N–H and O–H groups in total. The van der Waals surface area contributed by atoms with Crippen molar-refractivity contribution in [2.75, 3.05) is 6.54 Å². The maximum absolute atomic E-state index is 12.0. The fraction of sp³-hybridized carbons (Fsp3) is 0.429. The topological polar surface area (TPSA) is 102 Å². The van der Waals surface area contributed by atoms with E-state index < -0.39 is 28.1 Å². The number of hydrogen-bond donors (Lipinski definition) is 2. The molecule has 0 saturated carbocycles. The fourth-order valence-corrected chi connectivity index (χ4v) is 2.62. The lowest BCUT2D eigenvalue weighted by molar-refractivity contribution is -0.145. The molecule has 1 rings (SSSR count). The Kier molecular flexibility index (Phi) is 6.36. The van der Waals surface area contributed by atoms with E-state index in [-0.39, 0.29) is 4.90 Å². The van der Waals surface area contributed by atoms with Gasteiger partial charge in [-0.3, -0.25) is 4.79 Å². The van der Waals surface area contributed by atoms with Crippen molar-refractivity contribution in [2.45, 2.75) is 38.2 Å². The number of rotatable bonds is 6. The van der Waals surface area contributed by atoms with Gasteiger partial charge in [0.15, 0.2) is 0 Å². The van der Waals surface area contributed by atoms with Gasteiger partial charge in [-0.2, -0.15) is 0 Å². The number of ether oxygens (including phenoxy) is 1. The summed E-state index contributed by atoms with van der Waals surface area (Å²) in [6, 6.07) is 5.01. The van der Waals surface area contributed by atoms with E-state index in [9.17, 15) is 18.0 Å². The molecule has 2 amide bonds. The van der Waals surface area contributed by atoms with Crippen molar-refractivity contribution in [2.24, 2.45) is 0 Å². The number of amides is 2. The minimum atomic E-state index is -3.93. The molecule has 1 aromatic rings. The Morgan fingerprint density at radius 2 is 1.82 bits per heavy atom. The summed E-state index contributed by atoms with van der Waals surface area (Å²) in [4.78, 5) is 22.3. The number of carbonyl (C=O) groups is 2. The van der Waals surface area contributed by atoms with Crippen LogP contribution in [-0.2, 0) is 19.6 Å².